The number of hydrogen-bond acceptors (Lipinski definition) is 5. The molecule has 134 valence electrons. The van der Waals surface area contributed by atoms with E-state index in [4.69, 9.17) is 0 Å². The summed E-state index contributed by atoms with van der Waals surface area (Å²) in [5, 5.41) is 24.1. The molecule has 1 saturated carbocycles. The Kier molecular flexibility index (Phi) is 6.11. The molecule has 0 radical (unpaired) electrons. The van der Waals surface area contributed by atoms with Gasteiger partial charge in [0.15, 0.2) is 0 Å². The molecule has 0 saturated heterocycles. The third kappa shape index (κ3) is 4.63. The Morgan fingerprint density at radius 2 is 2.04 bits per heavy atom. The van der Waals surface area contributed by atoms with Gasteiger partial charge in [0.25, 0.3) is 0 Å². The van der Waals surface area contributed by atoms with Crippen LogP contribution >= 0.6 is 0 Å². The number of nitrogens with zero attached hydrogens (tertiary/aromatic N) is 4. The lowest BCUT2D eigenvalue weighted by molar-refractivity contribution is -0.126. The lowest BCUT2D eigenvalue weighted by Crippen LogP contribution is -2.45. The molecule has 0 spiro atoms. The molecule has 7 heteroatoms. The number of rotatable bonds is 6. The van der Waals surface area contributed by atoms with E-state index >= 15 is 0 Å². The summed E-state index contributed by atoms with van der Waals surface area (Å²) >= 11 is 0. The molecular formula is C18H25N5O2. The fourth-order valence-electron chi connectivity index (χ4n) is 3.53. The summed E-state index contributed by atoms with van der Waals surface area (Å²) in [6.07, 6.45) is 7.20. The zero-order valence-electron chi connectivity index (χ0n) is 14.3. The molecule has 3 rings (SSSR count). The summed E-state index contributed by atoms with van der Waals surface area (Å²) in [6, 6.07) is 9.36. The van der Waals surface area contributed by atoms with Crippen LogP contribution in [0, 0.1) is 5.92 Å². The molecular weight excluding hydrogens is 318 g/mol. The number of benzene rings is 1. The first-order valence-electron chi connectivity index (χ1n) is 8.95. The Balaban J connectivity index is 1.74. The highest BCUT2D eigenvalue weighted by Gasteiger charge is 2.29. The van der Waals surface area contributed by atoms with Crippen LogP contribution < -0.4 is 5.32 Å². The average molecular weight is 343 g/mol. The lowest BCUT2D eigenvalue weighted by Gasteiger charge is -2.27. The number of aromatic nitrogens is 4. The second-order valence-corrected chi connectivity index (χ2v) is 6.69. The van der Waals surface area contributed by atoms with Crippen LogP contribution in [0.1, 0.15) is 43.7 Å². The maximum Gasteiger partial charge on any atom is 0.245 e. The van der Waals surface area contributed by atoms with E-state index in [9.17, 15) is 9.90 Å². The van der Waals surface area contributed by atoms with Crippen molar-refractivity contribution in [1.29, 1.82) is 0 Å². The fraction of sp³-hybridized carbons (Fsp3) is 0.556. The molecule has 25 heavy (non-hydrogen) atoms. The highest BCUT2D eigenvalue weighted by molar-refractivity contribution is 5.80. The van der Waals surface area contributed by atoms with Crippen LogP contribution in [0.15, 0.2) is 36.7 Å². The van der Waals surface area contributed by atoms with E-state index in [0.29, 0.717) is 6.42 Å². The Hall–Kier alpha value is -2.28. The summed E-state index contributed by atoms with van der Waals surface area (Å²) in [5.74, 6) is 0.0270. The van der Waals surface area contributed by atoms with E-state index in [2.05, 4.69) is 20.8 Å². The van der Waals surface area contributed by atoms with Crippen LogP contribution in [0.2, 0.25) is 0 Å². The normalized spacial score (nSPS) is 22.1. The van der Waals surface area contributed by atoms with Gasteiger partial charge < -0.3 is 10.4 Å². The number of carbonyl (C=O) groups excluding carboxylic acids is 1. The quantitative estimate of drug-likeness (QED) is 0.776. The van der Waals surface area contributed by atoms with Gasteiger partial charge in [-0.05, 0) is 28.8 Å². The summed E-state index contributed by atoms with van der Waals surface area (Å²) < 4.78 is 1.51. The Labute approximate surface area is 147 Å². The minimum Gasteiger partial charge on any atom is -0.396 e. The first-order chi connectivity index (χ1) is 12.3. The van der Waals surface area contributed by atoms with Gasteiger partial charge in [-0.1, -0.05) is 49.6 Å². The summed E-state index contributed by atoms with van der Waals surface area (Å²) in [4.78, 5) is 13.0. The third-order valence-electron chi connectivity index (χ3n) is 4.98. The van der Waals surface area contributed by atoms with Crippen LogP contribution in [0.3, 0.4) is 0 Å². The fourth-order valence-corrected chi connectivity index (χ4v) is 3.53. The van der Waals surface area contributed by atoms with E-state index in [-0.39, 0.29) is 24.5 Å². The molecule has 3 atom stereocenters. The lowest BCUT2D eigenvalue weighted by atomic mass is 9.95. The molecule has 1 aliphatic carbocycles. The number of aliphatic hydroxyl groups is 1. The van der Waals surface area contributed by atoms with Crippen LogP contribution in [0.4, 0.5) is 0 Å². The topological polar surface area (TPSA) is 92.9 Å². The number of nitrogens with one attached hydrogen (secondary N) is 1. The van der Waals surface area contributed by atoms with Crippen molar-refractivity contribution < 1.29 is 9.90 Å². The summed E-state index contributed by atoms with van der Waals surface area (Å²) in [5.41, 5.74) is 1.05. The van der Waals surface area contributed by atoms with Gasteiger partial charge in [-0.2, -0.15) is 0 Å². The molecule has 0 bridgehead atoms. The van der Waals surface area contributed by atoms with Crippen LogP contribution in [0.25, 0.3) is 0 Å². The SMILES string of the molecule is O=C(NC1CCCCCC1CO)C(Cc1ccccc1)n1cnnn1. The largest absolute Gasteiger partial charge is 0.396 e. The number of hydrogen-bond donors (Lipinski definition) is 2. The summed E-state index contributed by atoms with van der Waals surface area (Å²) in [6.45, 7) is 0.110. The maximum absolute atomic E-state index is 13.0. The molecule has 1 amide bonds. The Bertz CT molecular complexity index is 647. The second kappa shape index (κ2) is 8.71. The smallest absolute Gasteiger partial charge is 0.245 e. The van der Waals surface area contributed by atoms with Crippen LogP contribution in [-0.2, 0) is 11.2 Å². The Morgan fingerprint density at radius 3 is 2.76 bits per heavy atom. The van der Waals surface area contributed by atoms with Crippen molar-refractivity contribution in [3.63, 3.8) is 0 Å². The number of amides is 1. The second-order valence-electron chi connectivity index (χ2n) is 6.69. The van der Waals surface area contributed by atoms with Crippen molar-refractivity contribution >= 4 is 5.91 Å². The van der Waals surface area contributed by atoms with Crippen molar-refractivity contribution in [2.75, 3.05) is 6.61 Å². The van der Waals surface area contributed by atoms with Crippen LogP contribution in [0.5, 0.6) is 0 Å². The minimum atomic E-state index is -0.500. The van der Waals surface area contributed by atoms with Crippen molar-refractivity contribution in [2.45, 2.75) is 50.6 Å². The first-order valence-corrected chi connectivity index (χ1v) is 8.95. The minimum absolute atomic E-state index is 0.00903. The standard InChI is InChI=1S/C18H25N5O2/c24-12-15-9-5-2-6-10-16(15)20-18(25)17(23-13-19-21-22-23)11-14-7-3-1-4-8-14/h1,3-4,7-8,13,15-17,24H,2,5-6,9-12H2,(H,20,25). The maximum atomic E-state index is 13.0. The molecule has 0 aliphatic heterocycles. The van der Waals surface area contributed by atoms with Gasteiger partial charge in [0, 0.05) is 25.0 Å². The molecule has 3 unspecified atom stereocenters. The van der Waals surface area contributed by atoms with Crippen molar-refractivity contribution in [3.8, 4) is 0 Å². The molecule has 1 fully saturated rings. The zero-order valence-corrected chi connectivity index (χ0v) is 14.3. The predicted octanol–water partition coefficient (Wildman–Crippen LogP) is 1.51. The first kappa shape index (κ1) is 17.5. The third-order valence-corrected chi connectivity index (χ3v) is 4.98. The molecule has 2 aromatic rings. The molecule has 1 heterocycles. The summed E-state index contributed by atoms with van der Waals surface area (Å²) in [7, 11) is 0. The molecule has 1 aromatic carbocycles. The highest BCUT2D eigenvalue weighted by Crippen LogP contribution is 2.24. The number of carbonyl (C=O) groups is 1. The zero-order chi connectivity index (χ0) is 17.5. The van der Waals surface area contributed by atoms with Gasteiger partial charge in [-0.15, -0.1) is 5.10 Å². The van der Waals surface area contributed by atoms with E-state index in [1.807, 2.05) is 30.3 Å². The van der Waals surface area contributed by atoms with Gasteiger partial charge in [0.2, 0.25) is 5.91 Å². The average Bonchev–Trinajstić information content (AvgIpc) is 3.07. The molecule has 1 aromatic heterocycles. The van der Waals surface area contributed by atoms with Gasteiger partial charge >= 0.3 is 0 Å². The molecule has 1 aliphatic rings. The van der Waals surface area contributed by atoms with Gasteiger partial charge in [0.1, 0.15) is 12.4 Å². The Morgan fingerprint density at radius 1 is 1.24 bits per heavy atom. The van der Waals surface area contributed by atoms with Gasteiger partial charge in [0.05, 0.1) is 0 Å². The number of tetrazole rings is 1. The van der Waals surface area contributed by atoms with Crippen LogP contribution in [-0.4, -0.2) is 43.9 Å². The van der Waals surface area contributed by atoms with Gasteiger partial charge in [-0.3, -0.25) is 4.79 Å². The van der Waals surface area contributed by atoms with E-state index < -0.39 is 6.04 Å². The highest BCUT2D eigenvalue weighted by atomic mass is 16.3. The molecule has 7 nitrogen and oxygen atoms in total. The predicted molar refractivity (Wildman–Crippen MR) is 92.6 cm³/mol. The van der Waals surface area contributed by atoms with Gasteiger partial charge in [-0.25, -0.2) is 4.68 Å². The number of aliphatic hydroxyl groups excluding tert-OH is 1. The van der Waals surface area contributed by atoms with E-state index in [0.717, 1.165) is 37.7 Å². The monoisotopic (exact) mass is 343 g/mol. The van der Waals surface area contributed by atoms with E-state index in [1.54, 1.807) is 0 Å². The van der Waals surface area contributed by atoms with Crippen molar-refractivity contribution in [3.05, 3.63) is 42.2 Å². The van der Waals surface area contributed by atoms with Crippen molar-refractivity contribution in [1.82, 2.24) is 25.5 Å². The molecule has 2 N–H and O–H groups in total. The van der Waals surface area contributed by atoms with E-state index in [1.165, 1.54) is 11.0 Å². The van der Waals surface area contributed by atoms with Crippen molar-refractivity contribution in [2.24, 2.45) is 5.92 Å².